The van der Waals surface area contributed by atoms with Gasteiger partial charge in [0.25, 0.3) is 0 Å². The number of hydrogen-bond acceptors (Lipinski definition) is 6. The minimum Gasteiger partial charge on any atom is -0.479 e. The van der Waals surface area contributed by atoms with Crippen LogP contribution in [0.2, 0.25) is 0 Å². The first-order valence-electron chi connectivity index (χ1n) is 9.79. The van der Waals surface area contributed by atoms with Gasteiger partial charge in [0.2, 0.25) is 10.0 Å². The van der Waals surface area contributed by atoms with E-state index in [9.17, 15) is 28.2 Å². The molecule has 11 heteroatoms. The van der Waals surface area contributed by atoms with Crippen LogP contribution in [0.15, 0.2) is 30.3 Å². The van der Waals surface area contributed by atoms with Gasteiger partial charge in [0.1, 0.15) is 5.25 Å². The topological polar surface area (TPSA) is 150 Å². The molecule has 0 radical (unpaired) electrons. The summed E-state index contributed by atoms with van der Waals surface area (Å²) in [4.78, 5) is 24.1. The maximum absolute atomic E-state index is 13.2. The zero-order chi connectivity index (χ0) is 21.9. The second-order valence-corrected chi connectivity index (χ2v) is 9.82. The normalized spacial score (nSPS) is 26.4. The number of benzene rings is 1. The molecule has 2 saturated heterocycles. The Kier molecular flexibility index (Phi) is 6.65. The van der Waals surface area contributed by atoms with Crippen LogP contribution in [-0.4, -0.2) is 83.0 Å². The first-order valence-corrected chi connectivity index (χ1v) is 11.3. The molecule has 1 aromatic carbocycles. The van der Waals surface area contributed by atoms with Crippen molar-refractivity contribution < 1.29 is 33.0 Å². The SMILES string of the molecule is NC(=O)N1CCC(S(=O)(=O)N2CCC(OCc3ccccc3)CC2)C(O)(C(=O)O)C1. The Morgan fingerprint density at radius 3 is 2.33 bits per heavy atom. The number of carbonyl (C=O) groups excluding carboxylic acids is 1. The molecule has 2 fully saturated rings. The van der Waals surface area contributed by atoms with Crippen LogP contribution < -0.4 is 5.73 Å². The number of sulfonamides is 1. The minimum atomic E-state index is -4.11. The van der Waals surface area contributed by atoms with Gasteiger partial charge < -0.3 is 25.6 Å². The van der Waals surface area contributed by atoms with Crippen molar-refractivity contribution in [2.45, 2.75) is 42.8 Å². The van der Waals surface area contributed by atoms with E-state index in [-0.39, 0.29) is 32.2 Å². The van der Waals surface area contributed by atoms with Crippen LogP contribution in [0.4, 0.5) is 4.79 Å². The second kappa shape index (κ2) is 8.88. The third-order valence-corrected chi connectivity index (χ3v) is 8.19. The summed E-state index contributed by atoms with van der Waals surface area (Å²) in [7, 11) is -4.11. The first kappa shape index (κ1) is 22.5. The number of nitrogens with zero attached hydrogens (tertiary/aromatic N) is 2. The predicted octanol–water partition coefficient (Wildman–Crippen LogP) is -0.0339. The number of likely N-dealkylation sites (tertiary alicyclic amines) is 1. The van der Waals surface area contributed by atoms with Crippen LogP contribution >= 0.6 is 0 Å². The first-order chi connectivity index (χ1) is 14.1. The highest BCUT2D eigenvalue weighted by molar-refractivity contribution is 7.89. The van der Waals surface area contributed by atoms with Crippen molar-refractivity contribution in [3.63, 3.8) is 0 Å². The summed E-state index contributed by atoms with van der Waals surface area (Å²) in [5.41, 5.74) is 3.59. The number of hydrogen-bond donors (Lipinski definition) is 3. The molecular weight excluding hydrogens is 414 g/mol. The number of nitrogens with two attached hydrogens (primary N) is 1. The number of carbonyl (C=O) groups is 2. The van der Waals surface area contributed by atoms with Gasteiger partial charge in [0.05, 0.1) is 19.3 Å². The van der Waals surface area contributed by atoms with Gasteiger partial charge in [0.15, 0.2) is 5.60 Å². The van der Waals surface area contributed by atoms with E-state index in [0.717, 1.165) is 10.5 Å². The highest BCUT2D eigenvalue weighted by atomic mass is 32.2. The minimum absolute atomic E-state index is 0.0362. The lowest BCUT2D eigenvalue weighted by atomic mass is 9.92. The molecule has 4 N–H and O–H groups in total. The lowest BCUT2D eigenvalue weighted by Gasteiger charge is -2.43. The van der Waals surface area contributed by atoms with Crippen molar-refractivity contribution in [2.75, 3.05) is 26.2 Å². The highest BCUT2D eigenvalue weighted by Crippen LogP contribution is 2.32. The quantitative estimate of drug-likeness (QED) is 0.561. The molecule has 2 amide bonds. The average Bonchev–Trinajstić information content (AvgIpc) is 2.73. The van der Waals surface area contributed by atoms with Gasteiger partial charge in [-0.05, 0) is 24.8 Å². The standard InChI is InChI=1S/C19H27N3O7S/c20-18(25)21-9-8-16(19(26,13-21)17(23)24)30(27,28)22-10-6-15(7-11-22)29-12-14-4-2-1-3-5-14/h1-5,15-16,26H,6-13H2,(H2,20,25)(H,23,24). The van der Waals surface area contributed by atoms with Gasteiger partial charge in [0, 0.05) is 19.6 Å². The summed E-state index contributed by atoms with van der Waals surface area (Å²) in [5.74, 6) is -1.69. The van der Waals surface area contributed by atoms with E-state index < -0.39 is 39.4 Å². The molecule has 2 aliphatic heterocycles. The number of aliphatic hydroxyl groups is 1. The van der Waals surface area contributed by atoms with Gasteiger partial charge in [-0.15, -0.1) is 0 Å². The molecule has 2 heterocycles. The molecule has 2 aliphatic rings. The third-order valence-electron chi connectivity index (χ3n) is 5.76. The Bertz CT molecular complexity index is 871. The van der Waals surface area contributed by atoms with Crippen LogP contribution in [0.5, 0.6) is 0 Å². The van der Waals surface area contributed by atoms with Crippen LogP contribution in [0.25, 0.3) is 0 Å². The molecular formula is C19H27N3O7S. The van der Waals surface area contributed by atoms with Gasteiger partial charge in [-0.25, -0.2) is 22.3 Å². The number of ether oxygens (including phenoxy) is 1. The van der Waals surface area contributed by atoms with E-state index in [1.807, 2.05) is 30.3 Å². The fourth-order valence-corrected chi connectivity index (χ4v) is 6.15. The molecule has 10 nitrogen and oxygen atoms in total. The highest BCUT2D eigenvalue weighted by Gasteiger charge is 2.56. The predicted molar refractivity (Wildman–Crippen MR) is 107 cm³/mol. The van der Waals surface area contributed by atoms with Crippen LogP contribution in [0.3, 0.4) is 0 Å². The molecule has 166 valence electrons. The van der Waals surface area contributed by atoms with Crippen molar-refractivity contribution in [1.29, 1.82) is 0 Å². The average molecular weight is 442 g/mol. The van der Waals surface area contributed by atoms with Crippen molar-refractivity contribution in [1.82, 2.24) is 9.21 Å². The molecule has 0 bridgehead atoms. The van der Waals surface area contributed by atoms with E-state index in [1.165, 1.54) is 4.31 Å². The van der Waals surface area contributed by atoms with Gasteiger partial charge in [-0.2, -0.15) is 0 Å². The monoisotopic (exact) mass is 441 g/mol. The molecule has 0 aromatic heterocycles. The third kappa shape index (κ3) is 4.59. The Balaban J connectivity index is 1.64. The second-order valence-electron chi connectivity index (χ2n) is 7.71. The molecule has 1 aromatic rings. The molecule has 3 rings (SSSR count). The van der Waals surface area contributed by atoms with Gasteiger partial charge in [-0.1, -0.05) is 30.3 Å². The summed E-state index contributed by atoms with van der Waals surface area (Å²) < 4.78 is 33.4. The number of piperidine rings is 2. The maximum Gasteiger partial charge on any atom is 0.339 e. The van der Waals surface area contributed by atoms with Crippen molar-refractivity contribution in [3.05, 3.63) is 35.9 Å². The van der Waals surface area contributed by atoms with E-state index in [2.05, 4.69) is 0 Å². The Labute approximate surface area is 175 Å². The van der Waals surface area contributed by atoms with Crippen LogP contribution in [0.1, 0.15) is 24.8 Å². The largest absolute Gasteiger partial charge is 0.479 e. The van der Waals surface area contributed by atoms with Crippen molar-refractivity contribution in [3.8, 4) is 0 Å². The number of urea groups is 1. The van der Waals surface area contributed by atoms with E-state index in [1.54, 1.807) is 0 Å². The molecule has 0 aliphatic carbocycles. The van der Waals surface area contributed by atoms with Crippen molar-refractivity contribution >= 4 is 22.0 Å². The van der Waals surface area contributed by atoms with E-state index in [0.29, 0.717) is 19.4 Å². The summed E-state index contributed by atoms with van der Waals surface area (Å²) in [6, 6.07) is 8.75. The number of β-amino-alcohol motifs (C(OH)–C–C–N with tert-alkyl or cyclic N) is 1. The fraction of sp³-hybridized carbons (Fsp3) is 0.579. The van der Waals surface area contributed by atoms with Crippen LogP contribution in [0, 0.1) is 0 Å². The number of rotatable bonds is 6. The number of primary amides is 1. The zero-order valence-electron chi connectivity index (χ0n) is 16.5. The smallest absolute Gasteiger partial charge is 0.339 e. The number of aliphatic carboxylic acids is 1. The summed E-state index contributed by atoms with van der Waals surface area (Å²) in [6.07, 6.45) is 0.625. The van der Waals surface area contributed by atoms with Gasteiger partial charge in [-0.3, -0.25) is 0 Å². The fourth-order valence-electron chi connectivity index (χ4n) is 3.99. The lowest BCUT2D eigenvalue weighted by molar-refractivity contribution is -0.162. The molecule has 2 unspecified atom stereocenters. The Hall–Kier alpha value is -2.21. The number of carboxylic acids is 1. The van der Waals surface area contributed by atoms with E-state index >= 15 is 0 Å². The number of amides is 2. The summed E-state index contributed by atoms with van der Waals surface area (Å²) >= 11 is 0. The summed E-state index contributed by atoms with van der Waals surface area (Å²) in [5, 5.41) is 18.6. The summed E-state index contributed by atoms with van der Waals surface area (Å²) in [6.45, 7) is 0.0767. The zero-order valence-corrected chi connectivity index (χ0v) is 17.3. The molecule has 30 heavy (non-hydrogen) atoms. The number of carboxylic acid groups (broad SMARTS) is 1. The molecule has 2 atom stereocenters. The Morgan fingerprint density at radius 2 is 1.77 bits per heavy atom. The molecule has 0 saturated carbocycles. The lowest BCUT2D eigenvalue weighted by Crippen LogP contribution is -2.67. The Morgan fingerprint density at radius 1 is 1.13 bits per heavy atom. The van der Waals surface area contributed by atoms with Crippen molar-refractivity contribution in [2.24, 2.45) is 5.73 Å². The van der Waals surface area contributed by atoms with Gasteiger partial charge >= 0.3 is 12.0 Å². The maximum atomic E-state index is 13.2. The van der Waals surface area contributed by atoms with Crippen LogP contribution in [-0.2, 0) is 26.2 Å². The molecule has 0 spiro atoms. The van der Waals surface area contributed by atoms with E-state index in [4.69, 9.17) is 10.5 Å².